The number of aromatic nitrogens is 1. The van der Waals surface area contributed by atoms with Crippen molar-refractivity contribution >= 4 is 23.1 Å². The molecule has 1 aromatic heterocycles. The zero-order valence-electron chi connectivity index (χ0n) is 23.8. The molecule has 0 aliphatic carbocycles. The van der Waals surface area contributed by atoms with Gasteiger partial charge in [-0.3, -0.25) is 4.79 Å². The van der Waals surface area contributed by atoms with E-state index >= 15 is 8.78 Å². The molecule has 0 radical (unpaired) electrons. The molecule has 0 bridgehead atoms. The average Bonchev–Trinajstić information content (AvgIpc) is 2.95. The van der Waals surface area contributed by atoms with Gasteiger partial charge in [-0.2, -0.15) is 13.2 Å². The lowest BCUT2D eigenvalue weighted by molar-refractivity contribution is -0.138. The molecular weight excluding hydrogens is 576 g/mol. The number of nitrogens with zero attached hydrogens (tertiary/aromatic N) is 4. The molecule has 2 fully saturated rings. The molecule has 43 heavy (non-hydrogen) atoms. The smallest absolute Gasteiger partial charge is 0.375 e. The van der Waals surface area contributed by atoms with E-state index in [0.717, 1.165) is 6.07 Å². The van der Waals surface area contributed by atoms with Crippen molar-refractivity contribution in [1.29, 1.82) is 0 Å². The minimum atomic E-state index is -5.05. The van der Waals surface area contributed by atoms with Gasteiger partial charge in [0.05, 0.1) is 35.1 Å². The van der Waals surface area contributed by atoms with Crippen molar-refractivity contribution in [2.75, 3.05) is 61.5 Å². The highest BCUT2D eigenvalue weighted by atomic mass is 19.4. The molecule has 3 heterocycles. The Bertz CT molecular complexity index is 1500. The Kier molecular flexibility index (Phi) is 8.57. The van der Waals surface area contributed by atoms with Gasteiger partial charge in [0.15, 0.2) is 5.82 Å². The van der Waals surface area contributed by atoms with Crippen molar-refractivity contribution in [2.45, 2.75) is 32.2 Å². The van der Waals surface area contributed by atoms with Crippen LogP contribution < -0.4 is 15.1 Å². The van der Waals surface area contributed by atoms with Crippen molar-refractivity contribution < 1.29 is 35.9 Å². The fourth-order valence-electron chi connectivity index (χ4n) is 5.38. The molecule has 0 spiro atoms. The number of hydrogen-bond acceptors (Lipinski definition) is 6. The maximum Gasteiger partial charge on any atom is 0.417 e. The number of alkyl halides is 3. The van der Waals surface area contributed by atoms with Crippen LogP contribution in [0.3, 0.4) is 0 Å². The van der Waals surface area contributed by atoms with Gasteiger partial charge in [0.2, 0.25) is 0 Å². The van der Waals surface area contributed by atoms with Crippen LogP contribution in [0.25, 0.3) is 11.1 Å². The number of carbonyl (C=O) groups excluding carboxylic acids is 1. The van der Waals surface area contributed by atoms with Crippen LogP contribution in [0.4, 0.5) is 43.5 Å². The molecule has 230 valence electrons. The van der Waals surface area contributed by atoms with Crippen LogP contribution in [0.5, 0.6) is 0 Å². The van der Waals surface area contributed by atoms with E-state index in [2.05, 4.69) is 10.3 Å². The molecule has 1 N–H and O–H groups in total. The normalized spacial score (nSPS) is 19.9. The van der Waals surface area contributed by atoms with Crippen molar-refractivity contribution in [1.82, 2.24) is 9.88 Å². The first-order chi connectivity index (χ1) is 20.3. The fraction of sp³-hybridized carbons (Fsp3) is 0.400. The summed E-state index contributed by atoms with van der Waals surface area (Å²) in [6.07, 6.45) is -3.76. The number of benzene rings is 2. The summed E-state index contributed by atoms with van der Waals surface area (Å²) in [6, 6.07) is 5.76. The van der Waals surface area contributed by atoms with Crippen molar-refractivity contribution in [3.8, 4) is 11.1 Å². The molecule has 2 saturated heterocycles. The van der Waals surface area contributed by atoms with Crippen molar-refractivity contribution in [3.63, 3.8) is 0 Å². The Morgan fingerprint density at radius 2 is 1.77 bits per heavy atom. The highest BCUT2D eigenvalue weighted by Crippen LogP contribution is 2.40. The van der Waals surface area contributed by atoms with Crippen molar-refractivity contribution in [3.05, 3.63) is 71.2 Å². The number of rotatable bonds is 5. The summed E-state index contributed by atoms with van der Waals surface area (Å²) in [6.45, 7) is 6.77. The second-order valence-corrected chi connectivity index (χ2v) is 10.9. The lowest BCUT2D eigenvalue weighted by atomic mass is 10.0. The maximum absolute atomic E-state index is 16.4. The largest absolute Gasteiger partial charge is 0.417 e. The van der Waals surface area contributed by atoms with Gasteiger partial charge in [0, 0.05) is 56.6 Å². The molecule has 2 aliphatic heterocycles. The SMILES string of the molecule is CC1CN(c2ccc(-c3c(F)cc(N4CCN(C)[C@@H](C)C4)c(NC(=O)c4ccc(F)cc4C(F)(F)F)c3F)cn2)CCO1. The van der Waals surface area contributed by atoms with E-state index in [0.29, 0.717) is 57.3 Å². The summed E-state index contributed by atoms with van der Waals surface area (Å²) in [5, 5.41) is 2.25. The zero-order valence-corrected chi connectivity index (χ0v) is 23.8. The number of ether oxygens (including phenoxy) is 1. The van der Waals surface area contributed by atoms with Gasteiger partial charge < -0.3 is 24.8 Å². The summed E-state index contributed by atoms with van der Waals surface area (Å²) in [4.78, 5) is 23.3. The summed E-state index contributed by atoms with van der Waals surface area (Å²) in [5.74, 6) is -4.01. The summed E-state index contributed by atoms with van der Waals surface area (Å²) in [5.41, 5.74) is -3.34. The molecule has 2 aliphatic rings. The van der Waals surface area contributed by atoms with Gasteiger partial charge in [0.1, 0.15) is 23.1 Å². The van der Waals surface area contributed by atoms with Gasteiger partial charge >= 0.3 is 6.18 Å². The molecule has 13 heteroatoms. The number of likely N-dealkylation sites (N-methyl/N-ethyl adjacent to an activating group) is 1. The van der Waals surface area contributed by atoms with Crippen molar-refractivity contribution in [2.24, 2.45) is 0 Å². The number of morpholine rings is 1. The van der Waals surface area contributed by atoms with Gasteiger partial charge in [-0.15, -0.1) is 0 Å². The Morgan fingerprint density at radius 3 is 2.42 bits per heavy atom. The first-order valence-electron chi connectivity index (χ1n) is 13.8. The number of nitrogens with one attached hydrogen (secondary N) is 1. The Balaban J connectivity index is 1.57. The summed E-state index contributed by atoms with van der Waals surface area (Å²) < 4.78 is 92.4. The predicted molar refractivity (Wildman–Crippen MR) is 151 cm³/mol. The third-order valence-electron chi connectivity index (χ3n) is 7.87. The van der Waals surface area contributed by atoms with Crippen LogP contribution in [0.1, 0.15) is 29.8 Å². The fourth-order valence-corrected chi connectivity index (χ4v) is 5.38. The minimum Gasteiger partial charge on any atom is -0.375 e. The monoisotopic (exact) mass is 607 g/mol. The van der Waals surface area contributed by atoms with Gasteiger partial charge in [-0.05, 0) is 51.2 Å². The first-order valence-corrected chi connectivity index (χ1v) is 13.8. The lowest BCUT2D eigenvalue weighted by Crippen LogP contribution is -2.50. The molecule has 2 aromatic carbocycles. The number of carbonyl (C=O) groups is 1. The van der Waals surface area contributed by atoms with Gasteiger partial charge in [0.25, 0.3) is 5.91 Å². The third-order valence-corrected chi connectivity index (χ3v) is 7.87. The Labute approximate surface area is 245 Å². The van der Waals surface area contributed by atoms with Gasteiger partial charge in [-0.25, -0.2) is 18.2 Å². The first kappa shape index (κ1) is 30.6. The summed E-state index contributed by atoms with van der Waals surface area (Å²) >= 11 is 0. The quantitative estimate of drug-likeness (QED) is 0.370. The molecule has 1 unspecified atom stereocenters. The predicted octanol–water partition coefficient (Wildman–Crippen LogP) is 5.80. The minimum absolute atomic E-state index is 0.0138. The topological polar surface area (TPSA) is 60.9 Å². The number of halogens is 6. The highest BCUT2D eigenvalue weighted by molar-refractivity contribution is 6.07. The molecule has 2 atom stereocenters. The van der Waals surface area contributed by atoms with E-state index in [-0.39, 0.29) is 29.5 Å². The van der Waals surface area contributed by atoms with Crippen LogP contribution in [-0.2, 0) is 10.9 Å². The second kappa shape index (κ2) is 12.0. The van der Waals surface area contributed by atoms with Crippen LogP contribution in [0.2, 0.25) is 0 Å². The Morgan fingerprint density at radius 1 is 1.00 bits per heavy atom. The molecule has 1 amide bonds. The standard InChI is InChI=1S/C30H31F6N5O2/c1-17-15-40(9-8-39(17)3)24-13-23(32)26(19-4-7-25(37-14-19)41-10-11-43-18(2)16-41)27(33)28(24)38-29(42)21-6-5-20(31)12-22(21)30(34,35)36/h4-7,12-14,17-18H,8-11,15-16H2,1-3H3,(H,38,42)/t17-,18?/m0/s1. The maximum atomic E-state index is 16.4. The van der Waals surface area contributed by atoms with Crippen LogP contribution in [0.15, 0.2) is 42.6 Å². The Hall–Kier alpha value is -3.84. The number of amides is 1. The third kappa shape index (κ3) is 6.42. The second-order valence-electron chi connectivity index (χ2n) is 10.9. The molecule has 0 saturated carbocycles. The van der Waals surface area contributed by atoms with Gasteiger partial charge in [-0.1, -0.05) is 0 Å². The molecule has 3 aromatic rings. The zero-order chi connectivity index (χ0) is 31.1. The number of piperazine rings is 1. The van der Waals surface area contributed by atoms with Crippen LogP contribution in [-0.4, -0.2) is 74.3 Å². The lowest BCUT2D eigenvalue weighted by Gasteiger charge is -2.39. The van der Waals surface area contributed by atoms with E-state index in [1.54, 1.807) is 11.0 Å². The van der Waals surface area contributed by atoms with E-state index in [1.807, 2.05) is 30.7 Å². The van der Waals surface area contributed by atoms with Crippen LogP contribution >= 0.6 is 0 Å². The van der Waals surface area contributed by atoms with E-state index in [1.165, 1.54) is 12.3 Å². The van der Waals surface area contributed by atoms with E-state index in [4.69, 9.17) is 4.74 Å². The van der Waals surface area contributed by atoms with E-state index < -0.39 is 51.9 Å². The number of anilines is 3. The van der Waals surface area contributed by atoms with Crippen LogP contribution in [0, 0.1) is 17.5 Å². The number of hydrogen-bond donors (Lipinski definition) is 1. The summed E-state index contributed by atoms with van der Waals surface area (Å²) in [7, 11) is 1.90. The van der Waals surface area contributed by atoms with E-state index in [9.17, 15) is 22.4 Å². The molecule has 5 rings (SSSR count). The highest BCUT2D eigenvalue weighted by Gasteiger charge is 2.36. The molecular formula is C30H31F6N5O2. The number of pyridine rings is 1. The molecule has 7 nitrogen and oxygen atoms in total. The average molecular weight is 608 g/mol.